The number of esters is 1. The quantitative estimate of drug-likeness (QED) is 0.249. The van der Waals surface area contributed by atoms with Crippen LogP contribution in [0, 0.1) is 44.8 Å². The third-order valence-corrected chi connectivity index (χ3v) is 14.3. The third-order valence-electron chi connectivity index (χ3n) is 14.3. The molecule has 0 radical (unpaired) electrons. The molecule has 0 unspecified atom stereocenters. The molecule has 206 valence electrons. The number of hydrogen-bond donors (Lipinski definition) is 0. The van der Waals surface area contributed by atoms with Gasteiger partial charge in [0.2, 0.25) is 0 Å². The van der Waals surface area contributed by atoms with Crippen molar-refractivity contribution in [2.24, 2.45) is 44.8 Å². The summed E-state index contributed by atoms with van der Waals surface area (Å²) in [5, 5.41) is 0. The van der Waals surface area contributed by atoms with Gasteiger partial charge < -0.3 is 14.2 Å². The second kappa shape index (κ2) is 6.88. The van der Waals surface area contributed by atoms with Gasteiger partial charge in [-0.3, -0.25) is 4.79 Å². The zero-order valence-electron chi connectivity index (χ0n) is 24.9. The number of rotatable bonds is 0. The van der Waals surface area contributed by atoms with Crippen molar-refractivity contribution in [1.82, 2.24) is 0 Å². The van der Waals surface area contributed by atoms with E-state index in [9.17, 15) is 4.79 Å². The lowest BCUT2D eigenvalue weighted by atomic mass is 9.34. The molecule has 4 nitrogen and oxygen atoms in total. The number of fused-ring (bicyclic) bond motifs is 6. The second-order valence-corrected chi connectivity index (χ2v) is 16.4. The summed E-state index contributed by atoms with van der Waals surface area (Å²) < 4.78 is 19.5. The smallest absolute Gasteiger partial charge is 0.317 e. The van der Waals surface area contributed by atoms with Crippen LogP contribution in [0.15, 0.2) is 11.1 Å². The molecule has 10 atom stereocenters. The normalized spacial score (nSPS) is 57.0. The molecule has 2 saturated heterocycles. The molecular weight excluding hydrogens is 460 g/mol. The van der Waals surface area contributed by atoms with Gasteiger partial charge in [0.05, 0.1) is 17.6 Å². The highest BCUT2D eigenvalue weighted by atomic mass is 16.8. The fourth-order valence-electron chi connectivity index (χ4n) is 12.4. The van der Waals surface area contributed by atoms with E-state index in [1.165, 1.54) is 24.8 Å². The maximum Gasteiger partial charge on any atom is 0.317 e. The van der Waals surface area contributed by atoms with Crippen LogP contribution in [0.3, 0.4) is 0 Å². The van der Waals surface area contributed by atoms with Crippen LogP contribution >= 0.6 is 0 Å². The van der Waals surface area contributed by atoms with Crippen LogP contribution in [0.5, 0.6) is 0 Å². The molecule has 0 spiro atoms. The molecule has 4 saturated carbocycles. The van der Waals surface area contributed by atoms with Crippen LogP contribution in [0.4, 0.5) is 0 Å². The summed E-state index contributed by atoms with van der Waals surface area (Å²) in [7, 11) is 0. The molecule has 7 rings (SSSR count). The van der Waals surface area contributed by atoms with E-state index in [1.807, 2.05) is 0 Å². The van der Waals surface area contributed by atoms with E-state index in [2.05, 4.69) is 62.3 Å². The van der Waals surface area contributed by atoms with Crippen molar-refractivity contribution in [2.75, 3.05) is 0 Å². The van der Waals surface area contributed by atoms with Crippen LogP contribution in [0.25, 0.3) is 0 Å². The van der Waals surface area contributed by atoms with Crippen molar-refractivity contribution >= 4 is 5.97 Å². The van der Waals surface area contributed by atoms with Gasteiger partial charge in [0, 0.05) is 0 Å². The monoisotopic (exact) mass is 510 g/mol. The number of carbonyl (C=O) groups excluding carboxylic acids is 1. The molecular formula is C33H50O4. The Hall–Kier alpha value is -0.870. The van der Waals surface area contributed by atoms with Gasteiger partial charge in [0.15, 0.2) is 5.79 Å². The summed E-state index contributed by atoms with van der Waals surface area (Å²) in [5.41, 5.74) is 3.01. The number of hydrogen-bond acceptors (Lipinski definition) is 4. The minimum atomic E-state index is -0.494. The van der Waals surface area contributed by atoms with Crippen LogP contribution in [0.2, 0.25) is 0 Å². The fourth-order valence-corrected chi connectivity index (χ4v) is 12.4. The van der Waals surface area contributed by atoms with Crippen LogP contribution < -0.4 is 0 Å². The molecule has 0 aromatic rings. The molecule has 0 aromatic carbocycles. The van der Waals surface area contributed by atoms with Crippen molar-refractivity contribution in [3.8, 4) is 0 Å². The number of carbonyl (C=O) groups is 1. The maximum absolute atomic E-state index is 13.5. The lowest BCUT2D eigenvalue weighted by molar-refractivity contribution is -0.213. The molecule has 0 aromatic heterocycles. The Bertz CT molecular complexity index is 1100. The van der Waals surface area contributed by atoms with E-state index in [1.54, 1.807) is 5.57 Å². The highest BCUT2D eigenvalue weighted by molar-refractivity contribution is 5.87. The number of allylic oxidation sites excluding steroid dienone is 1. The van der Waals surface area contributed by atoms with Crippen molar-refractivity contribution < 1.29 is 19.0 Å². The van der Waals surface area contributed by atoms with Crippen LogP contribution in [-0.2, 0) is 19.0 Å². The first kappa shape index (κ1) is 25.1. The molecule has 2 heterocycles. The summed E-state index contributed by atoms with van der Waals surface area (Å²) in [5.74, 6) is 1.28. The predicted octanol–water partition coefficient (Wildman–Crippen LogP) is 7.60. The molecule has 6 fully saturated rings. The Morgan fingerprint density at radius 1 is 0.811 bits per heavy atom. The molecule has 4 heteroatoms. The molecule has 7 aliphatic rings. The standard InChI is InChI=1S/C33H50O4/c1-19-12-15-33-17-16-30(7)20(24(33)32(19,9)37-26(33)34)10-11-23-29(6)18-21-25(36-28(4,5)35-21)27(2,3)22(29)13-14-31(23,30)8/h19,21-23,25H,10-18H2,1-9H3/t19-,21+,22+,23-,25+,29+,30-,31-,32-,33+/m1/s1. The Morgan fingerprint density at radius 3 is 2.27 bits per heavy atom. The van der Waals surface area contributed by atoms with Gasteiger partial charge >= 0.3 is 5.97 Å². The second-order valence-electron chi connectivity index (χ2n) is 16.4. The van der Waals surface area contributed by atoms with Gasteiger partial charge in [-0.1, -0.05) is 47.1 Å². The van der Waals surface area contributed by atoms with E-state index < -0.39 is 11.4 Å². The summed E-state index contributed by atoms with van der Waals surface area (Å²) in [6.45, 7) is 21.6. The minimum Gasteiger partial charge on any atom is -0.454 e. The van der Waals surface area contributed by atoms with Gasteiger partial charge in [0.25, 0.3) is 0 Å². The van der Waals surface area contributed by atoms with Crippen LogP contribution in [0.1, 0.15) is 120 Å². The Morgan fingerprint density at radius 2 is 1.54 bits per heavy atom. The zero-order chi connectivity index (χ0) is 26.6. The van der Waals surface area contributed by atoms with E-state index in [4.69, 9.17) is 14.2 Å². The third kappa shape index (κ3) is 2.67. The zero-order valence-corrected chi connectivity index (χ0v) is 24.9. The Kier molecular flexibility index (Phi) is 4.67. The first-order chi connectivity index (χ1) is 17.1. The topological polar surface area (TPSA) is 44.8 Å². The van der Waals surface area contributed by atoms with Crippen molar-refractivity contribution in [1.29, 1.82) is 0 Å². The maximum atomic E-state index is 13.5. The van der Waals surface area contributed by atoms with E-state index in [0.29, 0.717) is 17.8 Å². The lowest BCUT2D eigenvalue weighted by Crippen LogP contribution is -2.66. The molecule has 5 aliphatic carbocycles. The van der Waals surface area contributed by atoms with Crippen molar-refractivity contribution in [3.05, 3.63) is 11.1 Å². The molecule has 37 heavy (non-hydrogen) atoms. The molecule has 0 N–H and O–H groups in total. The van der Waals surface area contributed by atoms with Crippen LogP contribution in [-0.4, -0.2) is 29.6 Å². The summed E-state index contributed by atoms with van der Waals surface area (Å²) in [6, 6.07) is 0. The van der Waals surface area contributed by atoms with Gasteiger partial charge in [-0.15, -0.1) is 0 Å². The molecule has 2 bridgehead atoms. The first-order valence-electron chi connectivity index (χ1n) is 15.4. The van der Waals surface area contributed by atoms with Gasteiger partial charge in [-0.2, -0.15) is 0 Å². The summed E-state index contributed by atoms with van der Waals surface area (Å²) in [4.78, 5) is 13.5. The molecule has 2 aliphatic heterocycles. The fraction of sp³-hybridized carbons (Fsp3) is 0.909. The van der Waals surface area contributed by atoms with E-state index >= 15 is 0 Å². The minimum absolute atomic E-state index is 0.0907. The highest BCUT2D eigenvalue weighted by Crippen LogP contribution is 2.77. The Balaban J connectivity index is 1.34. The lowest BCUT2D eigenvalue weighted by Gasteiger charge is -2.71. The largest absolute Gasteiger partial charge is 0.454 e. The Labute approximate surface area is 224 Å². The first-order valence-corrected chi connectivity index (χ1v) is 15.4. The van der Waals surface area contributed by atoms with Gasteiger partial charge in [-0.05, 0) is 124 Å². The van der Waals surface area contributed by atoms with Gasteiger partial charge in [-0.25, -0.2) is 0 Å². The summed E-state index contributed by atoms with van der Waals surface area (Å²) >= 11 is 0. The summed E-state index contributed by atoms with van der Waals surface area (Å²) in [6.07, 6.45) is 10.5. The predicted molar refractivity (Wildman–Crippen MR) is 144 cm³/mol. The van der Waals surface area contributed by atoms with Crippen molar-refractivity contribution in [3.63, 3.8) is 0 Å². The average molecular weight is 511 g/mol. The highest BCUT2D eigenvalue weighted by Gasteiger charge is 2.73. The molecule has 0 amide bonds. The van der Waals surface area contributed by atoms with Gasteiger partial charge in [0.1, 0.15) is 5.60 Å². The SMILES string of the molecule is C[C@@H]1CC[C@]23CC[C@]4(C)C(=C2[C@]1(C)OC3=O)CC[C@@H]1[C@@]2(C)C[C@@H]3OC(C)(C)O[C@@H]3C(C)(C)[C@@H]2CC[C@]14C. The van der Waals surface area contributed by atoms with E-state index in [-0.39, 0.29) is 45.3 Å². The number of ether oxygens (including phenoxy) is 3. The van der Waals surface area contributed by atoms with E-state index in [0.717, 1.165) is 38.5 Å². The van der Waals surface area contributed by atoms with Crippen molar-refractivity contribution in [2.45, 2.75) is 144 Å². The average Bonchev–Trinajstić information content (AvgIpc) is 3.19.